The molecule has 1 atom stereocenters. The van der Waals surface area contributed by atoms with Crippen molar-refractivity contribution in [3.05, 3.63) is 44.4 Å². The number of nitrogens with one attached hydrogen (secondary N) is 1. The first-order chi connectivity index (χ1) is 10.1. The fraction of sp³-hybridized carbons (Fsp3) is 0.471. The Labute approximate surface area is 129 Å². The summed E-state index contributed by atoms with van der Waals surface area (Å²) >= 11 is 1.36. The van der Waals surface area contributed by atoms with Gasteiger partial charge in [-0.25, -0.2) is 0 Å². The second-order valence-corrected chi connectivity index (χ2v) is 7.23. The smallest absolute Gasteiger partial charge is 0.305 e. The maximum atomic E-state index is 11.8. The van der Waals surface area contributed by atoms with Gasteiger partial charge in [0.1, 0.15) is 0 Å². The summed E-state index contributed by atoms with van der Waals surface area (Å²) in [4.78, 5) is 18.5. The fourth-order valence-corrected chi connectivity index (χ4v) is 3.95. The lowest BCUT2D eigenvalue weighted by Gasteiger charge is -2.30. The van der Waals surface area contributed by atoms with Gasteiger partial charge in [0.15, 0.2) is 0 Å². The largest absolute Gasteiger partial charge is 0.312 e. The molecule has 3 rings (SSSR count). The van der Waals surface area contributed by atoms with Crippen LogP contribution in [0.4, 0.5) is 0 Å². The van der Waals surface area contributed by atoms with Crippen LogP contribution in [0.2, 0.25) is 0 Å². The quantitative estimate of drug-likeness (QED) is 0.939. The van der Waals surface area contributed by atoms with Gasteiger partial charge in [-0.1, -0.05) is 48.1 Å². The summed E-state index contributed by atoms with van der Waals surface area (Å²) in [5.41, 5.74) is 3.35. The van der Waals surface area contributed by atoms with Crippen molar-refractivity contribution in [3.8, 4) is 11.3 Å². The predicted molar refractivity (Wildman–Crippen MR) is 88.8 cm³/mol. The zero-order chi connectivity index (χ0) is 14.8. The predicted octanol–water partition coefficient (Wildman–Crippen LogP) is 3.64. The highest BCUT2D eigenvalue weighted by atomic mass is 32.1. The number of nitrogens with zero attached hydrogens (tertiary/aromatic N) is 1. The summed E-state index contributed by atoms with van der Waals surface area (Å²) in [7, 11) is 0. The zero-order valence-corrected chi connectivity index (χ0v) is 13.5. The number of aromatic amines is 1. The molecule has 0 spiro atoms. The molecule has 1 saturated heterocycles. The molecule has 2 aromatic rings. The minimum atomic E-state index is 0.0469. The van der Waals surface area contributed by atoms with E-state index >= 15 is 0 Å². The molecule has 1 unspecified atom stereocenters. The molecule has 4 heteroatoms. The van der Waals surface area contributed by atoms with E-state index in [1.165, 1.54) is 29.7 Å². The third kappa shape index (κ3) is 3.44. The number of aromatic nitrogens is 1. The molecule has 0 aliphatic carbocycles. The first-order valence-electron chi connectivity index (χ1n) is 7.63. The van der Waals surface area contributed by atoms with Gasteiger partial charge in [0, 0.05) is 18.0 Å². The van der Waals surface area contributed by atoms with Gasteiger partial charge in [0.25, 0.3) is 0 Å². The van der Waals surface area contributed by atoms with Crippen molar-refractivity contribution in [1.82, 2.24) is 9.88 Å². The number of rotatable bonds is 3. The Balaban J connectivity index is 1.85. The maximum absolute atomic E-state index is 11.8. The number of hydrogen-bond donors (Lipinski definition) is 1. The minimum Gasteiger partial charge on any atom is -0.312 e. The fourth-order valence-electron chi connectivity index (χ4n) is 3.06. The molecule has 0 radical (unpaired) electrons. The van der Waals surface area contributed by atoms with Gasteiger partial charge < -0.3 is 4.98 Å². The van der Waals surface area contributed by atoms with E-state index in [9.17, 15) is 4.79 Å². The molecule has 0 bridgehead atoms. The summed E-state index contributed by atoms with van der Waals surface area (Å²) in [6.45, 7) is 7.56. The third-order valence-corrected chi connectivity index (χ3v) is 5.04. The Hall–Kier alpha value is -1.39. The molecular weight excluding hydrogens is 280 g/mol. The van der Waals surface area contributed by atoms with Gasteiger partial charge in [-0.15, -0.1) is 0 Å². The van der Waals surface area contributed by atoms with E-state index in [0.717, 1.165) is 41.7 Å². The Bertz CT molecular complexity index is 656. The van der Waals surface area contributed by atoms with E-state index < -0.39 is 0 Å². The number of piperidine rings is 1. The second-order valence-electron chi connectivity index (χ2n) is 6.16. The lowest BCUT2D eigenvalue weighted by molar-refractivity contribution is 0.178. The second kappa shape index (κ2) is 6.16. The molecule has 3 nitrogen and oxygen atoms in total. The number of H-pyrrole nitrogens is 1. The van der Waals surface area contributed by atoms with E-state index in [4.69, 9.17) is 0 Å². The number of likely N-dealkylation sites (tertiary alicyclic amines) is 1. The van der Waals surface area contributed by atoms with E-state index in [1.807, 2.05) is 0 Å². The molecule has 21 heavy (non-hydrogen) atoms. The standard InChI is InChI=1S/C17H22N2OS/c1-12-5-7-14(8-6-12)16-15(21-17(20)18-16)11-19-9-3-4-13(2)10-19/h5-8,13H,3-4,9-11H2,1-2H3,(H,18,20). The number of benzene rings is 1. The van der Waals surface area contributed by atoms with E-state index in [-0.39, 0.29) is 4.87 Å². The number of thiazole rings is 1. The van der Waals surface area contributed by atoms with Gasteiger partial charge in [-0.05, 0) is 37.8 Å². The highest BCUT2D eigenvalue weighted by Crippen LogP contribution is 2.26. The van der Waals surface area contributed by atoms with Crippen LogP contribution in [0.15, 0.2) is 29.1 Å². The van der Waals surface area contributed by atoms with Gasteiger partial charge >= 0.3 is 4.87 Å². The molecule has 1 aromatic heterocycles. The molecular formula is C17H22N2OS. The average molecular weight is 302 g/mol. The molecule has 1 N–H and O–H groups in total. The lowest BCUT2D eigenvalue weighted by atomic mass is 10.00. The van der Waals surface area contributed by atoms with Crippen LogP contribution in [-0.2, 0) is 6.54 Å². The highest BCUT2D eigenvalue weighted by molar-refractivity contribution is 7.09. The molecule has 1 aliphatic heterocycles. The summed E-state index contributed by atoms with van der Waals surface area (Å²) in [6.07, 6.45) is 2.59. The first kappa shape index (κ1) is 14.5. The Morgan fingerprint density at radius 1 is 1.33 bits per heavy atom. The van der Waals surface area contributed by atoms with Crippen LogP contribution in [0.25, 0.3) is 11.3 Å². The van der Waals surface area contributed by atoms with Crippen LogP contribution in [-0.4, -0.2) is 23.0 Å². The topological polar surface area (TPSA) is 36.1 Å². The molecule has 0 amide bonds. The Kier molecular flexibility index (Phi) is 4.27. The molecule has 1 aliphatic rings. The monoisotopic (exact) mass is 302 g/mol. The SMILES string of the molecule is Cc1ccc(-c2[nH]c(=O)sc2CN2CCCC(C)C2)cc1. The summed E-state index contributed by atoms with van der Waals surface area (Å²) in [5, 5.41) is 0. The van der Waals surface area contributed by atoms with E-state index in [1.54, 1.807) is 0 Å². The average Bonchev–Trinajstić information content (AvgIpc) is 2.80. The van der Waals surface area contributed by atoms with Crippen LogP contribution in [0, 0.1) is 12.8 Å². The van der Waals surface area contributed by atoms with E-state index in [0.29, 0.717) is 0 Å². The molecule has 1 aromatic carbocycles. The lowest BCUT2D eigenvalue weighted by Crippen LogP contribution is -2.33. The van der Waals surface area contributed by atoms with Crippen molar-refractivity contribution >= 4 is 11.3 Å². The van der Waals surface area contributed by atoms with Gasteiger partial charge in [-0.2, -0.15) is 0 Å². The summed E-state index contributed by atoms with van der Waals surface area (Å²) in [5.74, 6) is 0.761. The highest BCUT2D eigenvalue weighted by Gasteiger charge is 2.19. The van der Waals surface area contributed by atoms with Gasteiger partial charge in [0.05, 0.1) is 5.69 Å². The Morgan fingerprint density at radius 2 is 2.10 bits per heavy atom. The van der Waals surface area contributed by atoms with Crippen molar-refractivity contribution in [1.29, 1.82) is 0 Å². The number of aryl methyl sites for hydroxylation is 1. The Morgan fingerprint density at radius 3 is 2.81 bits per heavy atom. The normalized spacial score (nSPS) is 19.8. The first-order valence-corrected chi connectivity index (χ1v) is 8.45. The number of hydrogen-bond acceptors (Lipinski definition) is 3. The molecule has 2 heterocycles. The van der Waals surface area contributed by atoms with Crippen LogP contribution in [0.3, 0.4) is 0 Å². The maximum Gasteiger partial charge on any atom is 0.305 e. The van der Waals surface area contributed by atoms with Crippen molar-refractivity contribution in [2.75, 3.05) is 13.1 Å². The van der Waals surface area contributed by atoms with Crippen LogP contribution in [0.1, 0.15) is 30.2 Å². The van der Waals surface area contributed by atoms with Crippen molar-refractivity contribution in [2.45, 2.75) is 33.2 Å². The van der Waals surface area contributed by atoms with Crippen LogP contribution >= 0.6 is 11.3 Å². The van der Waals surface area contributed by atoms with Gasteiger partial charge in [-0.3, -0.25) is 9.69 Å². The summed E-state index contributed by atoms with van der Waals surface area (Å²) < 4.78 is 0. The molecule has 1 fully saturated rings. The third-order valence-electron chi connectivity index (χ3n) is 4.17. The molecule has 0 saturated carbocycles. The van der Waals surface area contributed by atoms with Crippen LogP contribution in [0.5, 0.6) is 0 Å². The van der Waals surface area contributed by atoms with Crippen molar-refractivity contribution in [2.24, 2.45) is 5.92 Å². The zero-order valence-electron chi connectivity index (χ0n) is 12.7. The minimum absolute atomic E-state index is 0.0469. The van der Waals surface area contributed by atoms with Crippen molar-refractivity contribution in [3.63, 3.8) is 0 Å². The summed E-state index contributed by atoms with van der Waals surface area (Å²) in [6, 6.07) is 8.38. The van der Waals surface area contributed by atoms with Crippen LogP contribution < -0.4 is 4.87 Å². The van der Waals surface area contributed by atoms with E-state index in [2.05, 4.69) is 48.0 Å². The molecule has 112 valence electrons. The van der Waals surface area contributed by atoms with Gasteiger partial charge in [0.2, 0.25) is 0 Å². The van der Waals surface area contributed by atoms with Crippen molar-refractivity contribution < 1.29 is 0 Å².